The van der Waals surface area contributed by atoms with Crippen molar-refractivity contribution in [1.82, 2.24) is 20.4 Å². The van der Waals surface area contributed by atoms with Crippen LogP contribution in [0, 0.1) is 0 Å². The number of hydrogen-bond acceptors (Lipinski definition) is 5. The van der Waals surface area contributed by atoms with E-state index >= 15 is 0 Å². The van der Waals surface area contributed by atoms with Gasteiger partial charge < -0.3 is 15.4 Å². The molecule has 3 heterocycles. The molecule has 6 nitrogen and oxygen atoms in total. The van der Waals surface area contributed by atoms with E-state index in [1.54, 1.807) is 0 Å². The molecular formula is C20H36IN5OS. The van der Waals surface area contributed by atoms with Gasteiger partial charge in [-0.15, -0.1) is 35.3 Å². The van der Waals surface area contributed by atoms with Crippen molar-refractivity contribution in [2.45, 2.75) is 32.2 Å². The summed E-state index contributed by atoms with van der Waals surface area (Å²) >= 11 is 1.85. The van der Waals surface area contributed by atoms with Gasteiger partial charge in [0.2, 0.25) is 0 Å². The highest BCUT2D eigenvalue weighted by Gasteiger charge is 2.24. The van der Waals surface area contributed by atoms with Crippen LogP contribution in [0.5, 0.6) is 0 Å². The average molecular weight is 522 g/mol. The number of nitrogens with zero attached hydrogens (tertiary/aromatic N) is 3. The molecule has 0 saturated carbocycles. The van der Waals surface area contributed by atoms with Crippen LogP contribution < -0.4 is 10.6 Å². The van der Waals surface area contributed by atoms with E-state index in [0.29, 0.717) is 6.04 Å². The fraction of sp³-hybridized carbons (Fsp3) is 0.750. The Labute approximate surface area is 191 Å². The van der Waals surface area contributed by atoms with Gasteiger partial charge in [0.25, 0.3) is 0 Å². The second kappa shape index (κ2) is 13.7. The summed E-state index contributed by atoms with van der Waals surface area (Å²) in [6, 6.07) is 4.82. The molecule has 3 rings (SSSR count). The minimum absolute atomic E-state index is 0. The van der Waals surface area contributed by atoms with Crippen LogP contribution in [0.25, 0.3) is 0 Å². The predicted molar refractivity (Wildman–Crippen MR) is 129 cm³/mol. The molecule has 0 aromatic carbocycles. The lowest BCUT2D eigenvalue weighted by molar-refractivity contribution is 0.0376. The molecule has 0 spiro atoms. The van der Waals surface area contributed by atoms with Gasteiger partial charge in [-0.1, -0.05) is 6.07 Å². The zero-order valence-corrected chi connectivity index (χ0v) is 20.2. The highest BCUT2D eigenvalue weighted by Crippen LogP contribution is 2.28. The van der Waals surface area contributed by atoms with Gasteiger partial charge in [0, 0.05) is 31.1 Å². The molecule has 2 fully saturated rings. The smallest absolute Gasteiger partial charge is 0.191 e. The monoisotopic (exact) mass is 521 g/mol. The summed E-state index contributed by atoms with van der Waals surface area (Å²) in [4.78, 5) is 11.4. The minimum atomic E-state index is 0. The first-order valence-electron chi connectivity index (χ1n) is 10.5. The first kappa shape index (κ1) is 23.9. The molecule has 160 valence electrons. The predicted octanol–water partition coefficient (Wildman–Crippen LogP) is 2.78. The van der Waals surface area contributed by atoms with E-state index in [1.165, 1.54) is 30.8 Å². The Kier molecular flexibility index (Phi) is 11.7. The molecule has 2 N–H and O–H groups in total. The summed E-state index contributed by atoms with van der Waals surface area (Å²) in [6.45, 7) is 12.2. The Hall–Kier alpha value is -0.420. The lowest BCUT2D eigenvalue weighted by Crippen LogP contribution is -2.41. The largest absolute Gasteiger partial charge is 0.379 e. The number of thiophene rings is 1. The number of ether oxygens (including phenoxy) is 1. The summed E-state index contributed by atoms with van der Waals surface area (Å²) in [7, 11) is 0. The maximum Gasteiger partial charge on any atom is 0.191 e. The number of aliphatic imine (C=N–C) groups is 1. The van der Waals surface area contributed by atoms with E-state index < -0.39 is 0 Å². The van der Waals surface area contributed by atoms with E-state index in [1.807, 2.05) is 11.3 Å². The minimum Gasteiger partial charge on any atom is -0.379 e. The zero-order valence-electron chi connectivity index (χ0n) is 17.1. The fourth-order valence-corrected chi connectivity index (χ4v) is 4.63. The number of nitrogens with one attached hydrogen (secondary N) is 2. The van der Waals surface area contributed by atoms with Gasteiger partial charge in [-0.05, 0) is 57.3 Å². The highest BCUT2D eigenvalue weighted by molar-refractivity contribution is 14.0. The number of rotatable bonds is 9. The van der Waals surface area contributed by atoms with Gasteiger partial charge in [0.1, 0.15) is 0 Å². The highest BCUT2D eigenvalue weighted by atomic mass is 127. The maximum absolute atomic E-state index is 5.41. The van der Waals surface area contributed by atoms with E-state index in [4.69, 9.17) is 9.73 Å². The normalized spacial score (nSPS) is 20.0. The molecule has 1 aromatic heterocycles. The number of morpholine rings is 1. The molecule has 1 unspecified atom stereocenters. The lowest BCUT2D eigenvalue weighted by Gasteiger charge is -2.27. The van der Waals surface area contributed by atoms with Crippen molar-refractivity contribution in [2.75, 3.05) is 65.6 Å². The second-order valence-corrected chi connectivity index (χ2v) is 8.21. The quantitative estimate of drug-likeness (QED) is 0.227. The Bertz CT molecular complexity index is 545. The van der Waals surface area contributed by atoms with Crippen molar-refractivity contribution in [1.29, 1.82) is 0 Å². The van der Waals surface area contributed by atoms with Crippen molar-refractivity contribution in [3.63, 3.8) is 0 Å². The van der Waals surface area contributed by atoms with Crippen LogP contribution in [0.3, 0.4) is 0 Å². The summed E-state index contributed by atoms with van der Waals surface area (Å²) in [5, 5.41) is 9.10. The first-order valence-corrected chi connectivity index (χ1v) is 11.3. The van der Waals surface area contributed by atoms with Crippen LogP contribution >= 0.6 is 35.3 Å². The SMILES string of the molecule is CCNC(=NCC(c1cccs1)N1CCCC1)NCCCN1CCOCC1.I. The standard InChI is InChI=1S/C20H35N5OS.HI/c1-2-21-20(22-8-6-9-24-12-14-26-15-13-24)23-17-18(19-7-5-16-27-19)25-10-3-4-11-25;/h5,7,16,18H,2-4,6,8-15,17H2,1H3,(H2,21,22,23);1H. The van der Waals surface area contributed by atoms with Crippen LogP contribution in [0.1, 0.15) is 37.1 Å². The van der Waals surface area contributed by atoms with Gasteiger partial charge in [0.15, 0.2) is 5.96 Å². The van der Waals surface area contributed by atoms with Crippen LogP contribution in [0.15, 0.2) is 22.5 Å². The number of guanidine groups is 1. The molecule has 28 heavy (non-hydrogen) atoms. The lowest BCUT2D eigenvalue weighted by atomic mass is 10.2. The molecule has 2 aliphatic rings. The van der Waals surface area contributed by atoms with Gasteiger partial charge in [-0.3, -0.25) is 14.8 Å². The van der Waals surface area contributed by atoms with E-state index in [-0.39, 0.29) is 24.0 Å². The molecule has 0 aliphatic carbocycles. The molecule has 1 atom stereocenters. The van der Waals surface area contributed by atoms with Crippen molar-refractivity contribution < 1.29 is 4.74 Å². The van der Waals surface area contributed by atoms with Crippen LogP contribution in [-0.2, 0) is 4.74 Å². The van der Waals surface area contributed by atoms with Crippen molar-refractivity contribution >= 4 is 41.3 Å². The Morgan fingerprint density at radius 2 is 2.00 bits per heavy atom. The molecule has 2 aliphatic heterocycles. The Morgan fingerprint density at radius 1 is 1.21 bits per heavy atom. The summed E-state index contributed by atoms with van der Waals surface area (Å²) in [5.74, 6) is 0.945. The number of hydrogen-bond donors (Lipinski definition) is 2. The van der Waals surface area contributed by atoms with Crippen molar-refractivity contribution in [3.8, 4) is 0 Å². The molecule has 0 radical (unpaired) electrons. The number of likely N-dealkylation sites (tertiary alicyclic amines) is 1. The summed E-state index contributed by atoms with van der Waals surface area (Å²) < 4.78 is 5.41. The molecular weight excluding hydrogens is 485 g/mol. The van der Waals surface area contributed by atoms with E-state index in [0.717, 1.165) is 64.9 Å². The number of halogens is 1. The third kappa shape index (κ3) is 7.78. The van der Waals surface area contributed by atoms with Gasteiger partial charge in [-0.25, -0.2) is 0 Å². The maximum atomic E-state index is 5.41. The van der Waals surface area contributed by atoms with Crippen LogP contribution in [0.2, 0.25) is 0 Å². The molecule has 0 amide bonds. The Balaban J connectivity index is 0.00000280. The zero-order chi connectivity index (χ0) is 18.7. The summed E-state index contributed by atoms with van der Waals surface area (Å²) in [6.07, 6.45) is 3.75. The average Bonchev–Trinajstić information content (AvgIpc) is 3.41. The third-order valence-corrected chi connectivity index (χ3v) is 6.24. The van der Waals surface area contributed by atoms with Gasteiger partial charge in [0.05, 0.1) is 25.8 Å². The molecule has 1 aromatic rings. The van der Waals surface area contributed by atoms with Crippen LogP contribution in [0.4, 0.5) is 0 Å². The van der Waals surface area contributed by atoms with Crippen molar-refractivity contribution in [2.24, 2.45) is 4.99 Å². The topological polar surface area (TPSA) is 52.1 Å². The second-order valence-electron chi connectivity index (χ2n) is 7.23. The van der Waals surface area contributed by atoms with Gasteiger partial charge in [-0.2, -0.15) is 0 Å². The van der Waals surface area contributed by atoms with E-state index in [9.17, 15) is 0 Å². The third-order valence-electron chi connectivity index (χ3n) is 5.27. The van der Waals surface area contributed by atoms with E-state index in [2.05, 4.69) is 44.9 Å². The Morgan fingerprint density at radius 3 is 2.68 bits per heavy atom. The molecule has 2 saturated heterocycles. The molecule has 0 bridgehead atoms. The van der Waals surface area contributed by atoms with Gasteiger partial charge >= 0.3 is 0 Å². The van der Waals surface area contributed by atoms with Crippen molar-refractivity contribution in [3.05, 3.63) is 22.4 Å². The first-order chi connectivity index (χ1) is 13.4. The fourth-order valence-electron chi connectivity index (χ4n) is 3.77. The summed E-state index contributed by atoms with van der Waals surface area (Å²) in [5.41, 5.74) is 0. The van der Waals surface area contributed by atoms with Crippen LogP contribution in [-0.4, -0.2) is 81.3 Å². The molecule has 8 heteroatoms.